The largest absolute Gasteiger partial charge is 0.490 e. The average molecular weight is 1110 g/mol. The van der Waals surface area contributed by atoms with Crippen molar-refractivity contribution in [2.75, 3.05) is 19.8 Å². The number of rotatable bonds is 69. The van der Waals surface area contributed by atoms with E-state index < -0.39 is 0 Å². The second-order valence-electron chi connectivity index (χ2n) is 25.7. The van der Waals surface area contributed by atoms with E-state index in [0.29, 0.717) is 0 Å². The summed E-state index contributed by atoms with van der Waals surface area (Å²) in [5, 5.41) is 0. The van der Waals surface area contributed by atoms with Crippen LogP contribution in [0.25, 0.3) is 0 Å². The number of hydrogen-bond acceptors (Lipinski definition) is 3. The van der Waals surface area contributed by atoms with E-state index in [-0.39, 0.29) is 0 Å². The normalized spacial score (nSPS) is 11.6. The summed E-state index contributed by atoms with van der Waals surface area (Å²) in [6, 6.07) is 4.16. The molecule has 0 amide bonds. The molecule has 0 spiro atoms. The van der Waals surface area contributed by atoms with Crippen LogP contribution < -0.4 is 14.2 Å². The fourth-order valence-corrected chi connectivity index (χ4v) is 12.1. The topological polar surface area (TPSA) is 27.7 Å². The molecule has 0 aliphatic carbocycles. The molecule has 1 aromatic carbocycles. The van der Waals surface area contributed by atoms with Crippen molar-refractivity contribution in [1.82, 2.24) is 0 Å². The van der Waals surface area contributed by atoms with Crippen LogP contribution in [-0.4, -0.2) is 19.8 Å². The highest BCUT2D eigenvalue weighted by Gasteiger charge is 2.15. The molecule has 3 nitrogen and oxygen atoms in total. The molecule has 1 rings (SSSR count). The number of ether oxygens (including phenoxy) is 3. The molecule has 3 heteroatoms. The third-order valence-electron chi connectivity index (χ3n) is 17.6. The maximum absolute atomic E-state index is 6.59. The van der Waals surface area contributed by atoms with E-state index >= 15 is 0 Å². The maximum Gasteiger partial charge on any atom is 0.203 e. The lowest BCUT2D eigenvalue weighted by Crippen LogP contribution is -2.06. The molecule has 0 bridgehead atoms. The highest BCUT2D eigenvalue weighted by Crippen LogP contribution is 2.39. The van der Waals surface area contributed by atoms with Gasteiger partial charge in [-0.25, -0.2) is 0 Å². The summed E-state index contributed by atoms with van der Waals surface area (Å²) in [7, 11) is 0. The van der Waals surface area contributed by atoms with Gasteiger partial charge in [-0.3, -0.25) is 0 Å². The molecule has 0 aliphatic rings. The Hall–Kier alpha value is -1.38. The first-order valence-corrected chi connectivity index (χ1v) is 37.1. The molecule has 0 saturated carbocycles. The van der Waals surface area contributed by atoms with Crippen molar-refractivity contribution < 1.29 is 14.2 Å². The van der Waals surface area contributed by atoms with Crippen molar-refractivity contribution in [2.24, 2.45) is 0 Å². The molecular weight excluding hydrogens is 961 g/mol. The van der Waals surface area contributed by atoms with Crippen LogP contribution in [0.3, 0.4) is 0 Å². The first kappa shape index (κ1) is 75.6. The Morgan fingerprint density at radius 2 is 0.342 bits per heavy atom. The predicted molar refractivity (Wildman–Crippen MR) is 355 cm³/mol. The Morgan fingerprint density at radius 1 is 0.203 bits per heavy atom. The second kappa shape index (κ2) is 65.8. The summed E-state index contributed by atoms with van der Waals surface area (Å²) in [5.74, 6) is 2.48. The summed E-state index contributed by atoms with van der Waals surface area (Å²) in [4.78, 5) is 0. The molecule has 0 N–H and O–H groups in total. The molecule has 0 aromatic heterocycles. The molecule has 467 valence electrons. The number of unbranched alkanes of at least 4 members (excludes halogenated alkanes) is 60. The highest BCUT2D eigenvalue weighted by molar-refractivity contribution is 5.54. The SMILES string of the molecule is [CH2]c1cc(OCCCCCCCCCCCCCCCCCCCCCCC)c(OCCCCCCCCCCCCCCCCCCCCCCC)c(OCCCCCCCCCCCCCCCCCCCCCCC)c1. The van der Waals surface area contributed by atoms with Gasteiger partial charge in [0.15, 0.2) is 11.5 Å². The Morgan fingerprint density at radius 3 is 0.506 bits per heavy atom. The standard InChI is InChI=1S/C76H145O3/c1-5-8-11-14-17-20-23-26-29-32-35-38-41-44-47-50-53-56-59-62-65-68-77-74-71-73(4)72-75(78-69-66-63-60-57-54-51-48-45-42-39-36-33-30-27-24-21-18-15-12-9-6-2)76(74)79-70-67-64-61-58-55-52-49-46-43-40-37-34-31-28-25-22-19-16-13-10-7-3/h71-72H,4-70H2,1-3H3. The average Bonchev–Trinajstić information content (AvgIpc) is 3.46. The molecule has 79 heavy (non-hydrogen) atoms. The molecule has 0 fully saturated rings. The van der Waals surface area contributed by atoms with Gasteiger partial charge in [-0.2, -0.15) is 0 Å². The highest BCUT2D eigenvalue weighted by atomic mass is 16.5. The van der Waals surface area contributed by atoms with Crippen molar-refractivity contribution in [3.05, 3.63) is 24.6 Å². The first-order chi connectivity index (χ1) is 39.2. The number of benzene rings is 1. The van der Waals surface area contributed by atoms with Crippen molar-refractivity contribution in [2.45, 2.75) is 425 Å². The first-order valence-electron chi connectivity index (χ1n) is 37.1. The lowest BCUT2D eigenvalue weighted by atomic mass is 10.0. The zero-order valence-electron chi connectivity index (χ0n) is 54.8. The van der Waals surface area contributed by atoms with Gasteiger partial charge in [-0.15, -0.1) is 0 Å². The monoisotopic (exact) mass is 1110 g/mol. The van der Waals surface area contributed by atoms with Crippen LogP contribution in [0.2, 0.25) is 0 Å². The Bertz CT molecular complexity index is 1210. The van der Waals surface area contributed by atoms with Crippen molar-refractivity contribution in [1.29, 1.82) is 0 Å². The zero-order chi connectivity index (χ0) is 56.5. The van der Waals surface area contributed by atoms with Gasteiger partial charge in [0.25, 0.3) is 0 Å². The summed E-state index contributed by atoms with van der Waals surface area (Å²) in [6.45, 7) is 13.5. The van der Waals surface area contributed by atoms with Gasteiger partial charge in [0.2, 0.25) is 5.75 Å². The number of hydrogen-bond donors (Lipinski definition) is 0. The van der Waals surface area contributed by atoms with Gasteiger partial charge in [0, 0.05) is 0 Å². The van der Waals surface area contributed by atoms with E-state index in [9.17, 15) is 0 Å². The third-order valence-corrected chi connectivity index (χ3v) is 17.6. The van der Waals surface area contributed by atoms with Crippen molar-refractivity contribution in [3.8, 4) is 17.2 Å². The van der Waals surface area contributed by atoms with Crippen molar-refractivity contribution >= 4 is 0 Å². The molecule has 1 radical (unpaired) electrons. The van der Waals surface area contributed by atoms with Crippen LogP contribution in [0.4, 0.5) is 0 Å². The van der Waals surface area contributed by atoms with Crippen LogP contribution in [0, 0.1) is 6.92 Å². The smallest absolute Gasteiger partial charge is 0.203 e. The van der Waals surface area contributed by atoms with Gasteiger partial charge < -0.3 is 14.2 Å². The van der Waals surface area contributed by atoms with E-state index in [1.807, 2.05) is 0 Å². The minimum Gasteiger partial charge on any atom is -0.490 e. The summed E-state index contributed by atoms with van der Waals surface area (Å²) < 4.78 is 19.6. The van der Waals surface area contributed by atoms with Crippen LogP contribution in [0.5, 0.6) is 17.2 Å². The van der Waals surface area contributed by atoms with E-state index in [4.69, 9.17) is 14.2 Å². The third kappa shape index (κ3) is 56.9. The summed E-state index contributed by atoms with van der Waals surface area (Å²) >= 11 is 0. The lowest BCUT2D eigenvalue weighted by molar-refractivity contribution is 0.234. The summed E-state index contributed by atoms with van der Waals surface area (Å²) in [6.07, 6.45) is 88.5. The molecule has 0 saturated heterocycles. The van der Waals surface area contributed by atoms with Gasteiger partial charge in [-0.05, 0) is 43.9 Å². The Kier molecular flexibility index (Phi) is 63.0. The molecule has 0 heterocycles. The predicted octanol–water partition coefficient (Wildman–Crippen LogP) is 27.6. The second-order valence-corrected chi connectivity index (χ2v) is 25.7. The fraction of sp³-hybridized carbons (Fsp3) is 0.908. The van der Waals surface area contributed by atoms with Crippen LogP contribution >= 0.6 is 0 Å². The molecule has 0 atom stereocenters. The van der Waals surface area contributed by atoms with Gasteiger partial charge >= 0.3 is 0 Å². The van der Waals surface area contributed by atoms with Gasteiger partial charge in [0.1, 0.15) is 0 Å². The zero-order valence-corrected chi connectivity index (χ0v) is 54.8. The van der Waals surface area contributed by atoms with Crippen molar-refractivity contribution in [3.63, 3.8) is 0 Å². The Labute approximate surface area is 498 Å². The van der Waals surface area contributed by atoms with Crippen LogP contribution in [0.1, 0.15) is 431 Å². The molecule has 0 aliphatic heterocycles. The van der Waals surface area contributed by atoms with Crippen LogP contribution in [-0.2, 0) is 0 Å². The van der Waals surface area contributed by atoms with E-state index in [1.165, 1.54) is 385 Å². The van der Waals surface area contributed by atoms with E-state index in [0.717, 1.165) is 61.9 Å². The summed E-state index contributed by atoms with van der Waals surface area (Å²) in [5.41, 5.74) is 0.948. The fourth-order valence-electron chi connectivity index (χ4n) is 12.1. The maximum atomic E-state index is 6.59. The lowest BCUT2D eigenvalue weighted by Gasteiger charge is -2.18. The quantitative estimate of drug-likeness (QED) is 0.0609. The molecule has 1 aromatic rings. The van der Waals surface area contributed by atoms with E-state index in [2.05, 4.69) is 39.8 Å². The minimum absolute atomic E-state index is 0.723. The molecular formula is C76H145O3. The minimum atomic E-state index is 0.723. The van der Waals surface area contributed by atoms with Gasteiger partial charge in [0.05, 0.1) is 19.8 Å². The van der Waals surface area contributed by atoms with Gasteiger partial charge in [-0.1, -0.05) is 406 Å². The Balaban J connectivity index is 2.29. The van der Waals surface area contributed by atoms with Crippen LogP contribution in [0.15, 0.2) is 12.1 Å². The van der Waals surface area contributed by atoms with E-state index in [1.54, 1.807) is 0 Å². The molecule has 0 unspecified atom stereocenters.